The molecule has 1 heterocycles. The zero-order valence-corrected chi connectivity index (χ0v) is 16.8. The fourth-order valence-corrected chi connectivity index (χ4v) is 3.15. The van der Waals surface area contributed by atoms with Crippen LogP contribution < -0.4 is 15.8 Å². The third kappa shape index (κ3) is 5.22. The Morgan fingerprint density at radius 1 is 0.968 bits per heavy atom. The SMILES string of the molecule is N=N/N=C(\N)c1ccc(CNc2cccc(OCc3ccc4ccccc4n3)c2)cc1. The standard InChI is InChI=1S/C24H22N6O/c25-24(29-30-26)19-10-8-17(9-11-19)15-27-20-5-3-6-22(14-20)31-16-21-13-12-18-4-1-2-7-23(18)28-21/h1-14,27H,15-16H2,(H3,25,26,29). The molecular formula is C24H22N6O. The fraction of sp³-hybridized carbons (Fsp3) is 0.0833. The van der Waals surface area contributed by atoms with Crippen molar-refractivity contribution in [1.82, 2.24) is 4.98 Å². The molecule has 4 N–H and O–H groups in total. The summed E-state index contributed by atoms with van der Waals surface area (Å²) in [5.41, 5.74) is 17.1. The molecule has 4 aromatic rings. The second-order valence-electron chi connectivity index (χ2n) is 6.95. The van der Waals surface area contributed by atoms with Crippen LogP contribution in [0.25, 0.3) is 10.9 Å². The lowest BCUT2D eigenvalue weighted by Gasteiger charge is -2.11. The number of para-hydroxylation sites is 1. The summed E-state index contributed by atoms with van der Waals surface area (Å²) in [6, 6.07) is 27.6. The van der Waals surface area contributed by atoms with Gasteiger partial charge in [0.1, 0.15) is 12.4 Å². The van der Waals surface area contributed by atoms with Crippen molar-refractivity contribution >= 4 is 22.4 Å². The molecule has 31 heavy (non-hydrogen) atoms. The Balaban J connectivity index is 1.35. The van der Waals surface area contributed by atoms with Gasteiger partial charge in [0.05, 0.1) is 11.2 Å². The molecule has 0 aliphatic heterocycles. The van der Waals surface area contributed by atoms with Crippen molar-refractivity contribution in [2.45, 2.75) is 13.2 Å². The third-order valence-corrected chi connectivity index (χ3v) is 4.78. The van der Waals surface area contributed by atoms with E-state index in [1.54, 1.807) is 0 Å². The molecule has 1 aromatic heterocycles. The molecule has 0 amide bonds. The molecule has 0 bridgehead atoms. The average molecular weight is 410 g/mol. The first-order valence-electron chi connectivity index (χ1n) is 9.82. The molecule has 0 unspecified atom stereocenters. The minimum Gasteiger partial charge on any atom is -0.487 e. The number of hydrogen-bond donors (Lipinski definition) is 3. The van der Waals surface area contributed by atoms with Crippen LogP contribution in [0.5, 0.6) is 5.75 Å². The summed E-state index contributed by atoms with van der Waals surface area (Å²) in [5.74, 6) is 0.999. The van der Waals surface area contributed by atoms with Gasteiger partial charge in [0.15, 0.2) is 5.84 Å². The first-order valence-corrected chi connectivity index (χ1v) is 9.82. The number of rotatable bonds is 8. The summed E-state index contributed by atoms with van der Waals surface area (Å²) in [4.78, 5) is 4.65. The number of nitrogens with zero attached hydrogens (tertiary/aromatic N) is 3. The van der Waals surface area contributed by atoms with Crippen LogP contribution in [0, 0.1) is 5.53 Å². The van der Waals surface area contributed by atoms with E-state index < -0.39 is 0 Å². The Kier molecular flexibility index (Phi) is 6.13. The van der Waals surface area contributed by atoms with Gasteiger partial charge >= 0.3 is 0 Å². The zero-order valence-electron chi connectivity index (χ0n) is 16.8. The smallest absolute Gasteiger partial charge is 0.155 e. The van der Waals surface area contributed by atoms with E-state index in [0.29, 0.717) is 13.2 Å². The number of ether oxygens (including phenoxy) is 1. The summed E-state index contributed by atoms with van der Waals surface area (Å²) < 4.78 is 5.94. The van der Waals surface area contributed by atoms with Crippen LogP contribution in [0.4, 0.5) is 5.69 Å². The predicted molar refractivity (Wildman–Crippen MR) is 122 cm³/mol. The Bertz CT molecular complexity index is 1220. The van der Waals surface area contributed by atoms with E-state index in [2.05, 4.69) is 26.7 Å². The zero-order chi connectivity index (χ0) is 21.5. The van der Waals surface area contributed by atoms with Crippen LogP contribution in [0.3, 0.4) is 0 Å². The second-order valence-corrected chi connectivity index (χ2v) is 6.95. The van der Waals surface area contributed by atoms with Gasteiger partial charge in [0, 0.05) is 29.2 Å². The van der Waals surface area contributed by atoms with Crippen molar-refractivity contribution in [2.24, 2.45) is 16.1 Å². The Morgan fingerprint density at radius 2 is 1.81 bits per heavy atom. The lowest BCUT2D eigenvalue weighted by Crippen LogP contribution is -2.12. The average Bonchev–Trinajstić information content (AvgIpc) is 2.82. The van der Waals surface area contributed by atoms with Crippen molar-refractivity contribution in [3.05, 3.63) is 102 Å². The van der Waals surface area contributed by atoms with Gasteiger partial charge in [0.2, 0.25) is 0 Å². The van der Waals surface area contributed by atoms with Crippen LogP contribution in [0.2, 0.25) is 0 Å². The lowest BCUT2D eigenvalue weighted by atomic mass is 10.1. The highest BCUT2D eigenvalue weighted by molar-refractivity contribution is 5.97. The van der Waals surface area contributed by atoms with E-state index in [1.165, 1.54) is 0 Å². The molecule has 0 radical (unpaired) electrons. The lowest BCUT2D eigenvalue weighted by molar-refractivity contribution is 0.302. The Hall–Kier alpha value is -4.26. The molecule has 3 aromatic carbocycles. The van der Waals surface area contributed by atoms with E-state index in [1.807, 2.05) is 78.9 Å². The molecule has 0 saturated carbocycles. The first kappa shape index (κ1) is 20.0. The van der Waals surface area contributed by atoms with Crippen molar-refractivity contribution in [3.63, 3.8) is 0 Å². The van der Waals surface area contributed by atoms with E-state index >= 15 is 0 Å². The topological polar surface area (TPSA) is 109 Å². The van der Waals surface area contributed by atoms with E-state index in [0.717, 1.165) is 39.2 Å². The van der Waals surface area contributed by atoms with Gasteiger partial charge in [-0.05, 0) is 29.8 Å². The minimum atomic E-state index is 0.222. The maximum atomic E-state index is 6.75. The number of nitrogens with two attached hydrogens (primary N) is 1. The van der Waals surface area contributed by atoms with Gasteiger partial charge in [-0.15, -0.1) is 5.10 Å². The largest absolute Gasteiger partial charge is 0.487 e. The summed E-state index contributed by atoms with van der Waals surface area (Å²) in [6.07, 6.45) is 0. The van der Waals surface area contributed by atoms with Gasteiger partial charge in [-0.25, -0.2) is 4.98 Å². The molecule has 0 atom stereocenters. The van der Waals surface area contributed by atoms with Crippen LogP contribution in [-0.2, 0) is 13.2 Å². The predicted octanol–water partition coefficient (Wildman–Crippen LogP) is 5.08. The molecule has 0 fully saturated rings. The van der Waals surface area contributed by atoms with E-state index in [4.69, 9.17) is 16.0 Å². The maximum absolute atomic E-state index is 6.75. The Morgan fingerprint density at radius 3 is 2.65 bits per heavy atom. The summed E-state index contributed by atoms with van der Waals surface area (Å²) in [6.45, 7) is 1.05. The van der Waals surface area contributed by atoms with Crippen LogP contribution in [0.15, 0.2) is 95.3 Å². The number of pyridine rings is 1. The molecule has 0 saturated heterocycles. The van der Waals surface area contributed by atoms with Gasteiger partial charge < -0.3 is 15.8 Å². The van der Waals surface area contributed by atoms with Gasteiger partial charge in [-0.1, -0.05) is 59.8 Å². The molecule has 154 valence electrons. The molecule has 0 spiro atoms. The maximum Gasteiger partial charge on any atom is 0.155 e. The number of fused-ring (bicyclic) bond motifs is 1. The van der Waals surface area contributed by atoms with Crippen LogP contribution in [-0.4, -0.2) is 10.8 Å². The number of amidine groups is 1. The van der Waals surface area contributed by atoms with Crippen molar-refractivity contribution < 1.29 is 4.74 Å². The second kappa shape index (κ2) is 9.49. The van der Waals surface area contributed by atoms with E-state index in [-0.39, 0.29) is 5.84 Å². The van der Waals surface area contributed by atoms with E-state index in [9.17, 15) is 0 Å². The van der Waals surface area contributed by atoms with Gasteiger partial charge in [-0.2, -0.15) is 5.53 Å². The fourth-order valence-electron chi connectivity index (χ4n) is 3.15. The molecule has 4 rings (SSSR count). The summed E-state index contributed by atoms with van der Waals surface area (Å²) in [7, 11) is 0. The Labute approximate surface area is 180 Å². The highest BCUT2D eigenvalue weighted by Gasteiger charge is 2.03. The molecule has 7 nitrogen and oxygen atoms in total. The number of hydrogen-bond acceptors (Lipinski definition) is 5. The first-order chi connectivity index (χ1) is 15.2. The van der Waals surface area contributed by atoms with Crippen molar-refractivity contribution in [3.8, 4) is 5.75 Å². The summed E-state index contributed by atoms with van der Waals surface area (Å²) >= 11 is 0. The van der Waals surface area contributed by atoms with Gasteiger partial charge in [0.25, 0.3) is 0 Å². The number of nitrogens with one attached hydrogen (secondary N) is 2. The quantitative estimate of drug-likeness (QED) is 0.163. The normalized spacial score (nSPS) is 11.3. The highest BCUT2D eigenvalue weighted by Crippen LogP contribution is 2.20. The van der Waals surface area contributed by atoms with Crippen molar-refractivity contribution in [2.75, 3.05) is 5.32 Å². The third-order valence-electron chi connectivity index (χ3n) is 4.78. The molecule has 0 aliphatic rings. The van der Waals surface area contributed by atoms with Crippen LogP contribution >= 0.6 is 0 Å². The number of anilines is 1. The molecular weight excluding hydrogens is 388 g/mol. The number of benzene rings is 3. The van der Waals surface area contributed by atoms with Crippen molar-refractivity contribution in [1.29, 1.82) is 5.53 Å². The summed E-state index contributed by atoms with van der Waals surface area (Å²) in [5, 5.41) is 11.0. The monoisotopic (exact) mass is 410 g/mol. The molecule has 0 aliphatic carbocycles. The van der Waals surface area contributed by atoms with Gasteiger partial charge in [-0.3, -0.25) is 0 Å². The number of aromatic nitrogens is 1. The highest BCUT2D eigenvalue weighted by atomic mass is 16.5. The van der Waals surface area contributed by atoms with Crippen LogP contribution in [0.1, 0.15) is 16.8 Å². The minimum absolute atomic E-state index is 0.222. The molecule has 7 heteroatoms.